The van der Waals surface area contributed by atoms with Crippen LogP contribution in [0.25, 0.3) is 0 Å². The quantitative estimate of drug-likeness (QED) is 0.360. The van der Waals surface area contributed by atoms with Crippen molar-refractivity contribution in [3.05, 3.63) is 29.8 Å². The van der Waals surface area contributed by atoms with Gasteiger partial charge in [-0.1, -0.05) is 19.1 Å². The molecule has 21 heavy (non-hydrogen) atoms. The highest BCUT2D eigenvalue weighted by Gasteiger charge is 2.06. The zero-order valence-corrected chi connectivity index (χ0v) is 15.4. The Morgan fingerprint density at radius 3 is 2.24 bits per heavy atom. The summed E-state index contributed by atoms with van der Waals surface area (Å²) in [6.07, 6.45) is 1.81. The predicted octanol–water partition coefficient (Wildman–Crippen LogP) is 1.07. The molecule has 0 heterocycles. The van der Waals surface area contributed by atoms with Crippen LogP contribution in [-0.2, 0) is 16.4 Å². The van der Waals surface area contributed by atoms with E-state index in [9.17, 15) is 8.42 Å². The van der Waals surface area contributed by atoms with Crippen LogP contribution in [0.15, 0.2) is 34.2 Å². The smallest absolute Gasteiger partial charge is 0.238 e. The highest BCUT2D eigenvalue weighted by molar-refractivity contribution is 14.0. The molecule has 0 unspecified atom stereocenters. The highest BCUT2D eigenvalue weighted by Crippen LogP contribution is 2.08. The number of sulfonamides is 1. The number of primary sulfonamides is 1. The van der Waals surface area contributed by atoms with Gasteiger partial charge in [0.2, 0.25) is 10.0 Å². The van der Waals surface area contributed by atoms with Gasteiger partial charge in [0, 0.05) is 20.1 Å². The SMILES string of the molecule is CCCNC(=NC)NCCc1ccc(S(N)(=O)=O)cc1.I. The molecule has 0 aliphatic heterocycles. The third-order valence-electron chi connectivity index (χ3n) is 2.72. The number of halogens is 1. The van der Waals surface area contributed by atoms with E-state index in [4.69, 9.17) is 5.14 Å². The van der Waals surface area contributed by atoms with E-state index in [1.165, 1.54) is 12.1 Å². The van der Waals surface area contributed by atoms with Gasteiger partial charge in [-0.3, -0.25) is 4.99 Å². The van der Waals surface area contributed by atoms with E-state index in [0.717, 1.165) is 37.5 Å². The molecule has 1 rings (SSSR count). The van der Waals surface area contributed by atoms with Crippen molar-refractivity contribution in [2.24, 2.45) is 10.1 Å². The van der Waals surface area contributed by atoms with Crippen molar-refractivity contribution in [2.45, 2.75) is 24.7 Å². The van der Waals surface area contributed by atoms with Crippen molar-refractivity contribution in [3.8, 4) is 0 Å². The summed E-state index contributed by atoms with van der Waals surface area (Å²) in [5.74, 6) is 0.771. The first-order valence-corrected chi connectivity index (χ1v) is 8.08. The number of hydrogen-bond donors (Lipinski definition) is 3. The first kappa shape index (κ1) is 20.1. The van der Waals surface area contributed by atoms with Crippen LogP contribution in [0.5, 0.6) is 0 Å². The van der Waals surface area contributed by atoms with Crippen molar-refractivity contribution in [2.75, 3.05) is 20.1 Å². The molecule has 0 aliphatic carbocycles. The van der Waals surface area contributed by atoms with E-state index < -0.39 is 10.0 Å². The van der Waals surface area contributed by atoms with Crippen LogP contribution < -0.4 is 15.8 Å². The Morgan fingerprint density at radius 2 is 1.76 bits per heavy atom. The van der Waals surface area contributed by atoms with Crippen LogP contribution in [0.1, 0.15) is 18.9 Å². The van der Waals surface area contributed by atoms with Gasteiger partial charge in [-0.15, -0.1) is 24.0 Å². The molecule has 0 fully saturated rings. The summed E-state index contributed by atoms with van der Waals surface area (Å²) in [5.41, 5.74) is 1.04. The van der Waals surface area contributed by atoms with E-state index in [2.05, 4.69) is 22.5 Å². The monoisotopic (exact) mass is 426 g/mol. The summed E-state index contributed by atoms with van der Waals surface area (Å²) in [5, 5.41) is 11.4. The number of nitrogens with one attached hydrogen (secondary N) is 2. The molecule has 120 valence electrons. The minimum Gasteiger partial charge on any atom is -0.356 e. The van der Waals surface area contributed by atoms with Gasteiger partial charge < -0.3 is 10.6 Å². The molecule has 0 saturated carbocycles. The summed E-state index contributed by atoms with van der Waals surface area (Å²) < 4.78 is 22.3. The lowest BCUT2D eigenvalue weighted by molar-refractivity contribution is 0.598. The number of rotatable bonds is 6. The first-order valence-electron chi connectivity index (χ1n) is 6.53. The maximum Gasteiger partial charge on any atom is 0.238 e. The average molecular weight is 426 g/mol. The Balaban J connectivity index is 0.00000400. The zero-order chi connectivity index (χ0) is 15.0. The molecule has 0 aromatic heterocycles. The minimum absolute atomic E-state index is 0. The first-order chi connectivity index (χ1) is 9.47. The Labute approximate surface area is 143 Å². The third-order valence-corrected chi connectivity index (χ3v) is 3.65. The lowest BCUT2D eigenvalue weighted by Gasteiger charge is -2.11. The van der Waals surface area contributed by atoms with Crippen molar-refractivity contribution >= 4 is 40.0 Å². The molecule has 0 amide bonds. The van der Waals surface area contributed by atoms with E-state index >= 15 is 0 Å². The third kappa shape index (κ3) is 7.63. The van der Waals surface area contributed by atoms with Crippen molar-refractivity contribution in [3.63, 3.8) is 0 Å². The molecule has 1 aromatic rings. The Morgan fingerprint density at radius 1 is 1.19 bits per heavy atom. The molecular weight excluding hydrogens is 403 g/mol. The number of nitrogens with zero attached hydrogens (tertiary/aromatic N) is 1. The molecule has 8 heteroatoms. The molecular formula is C13H23IN4O2S. The number of aliphatic imine (C=N–C) groups is 1. The van der Waals surface area contributed by atoms with Crippen molar-refractivity contribution in [1.29, 1.82) is 0 Å². The molecule has 0 radical (unpaired) electrons. The van der Waals surface area contributed by atoms with Gasteiger partial charge >= 0.3 is 0 Å². The van der Waals surface area contributed by atoms with Crippen LogP contribution >= 0.6 is 24.0 Å². The lowest BCUT2D eigenvalue weighted by atomic mass is 10.1. The van der Waals surface area contributed by atoms with Gasteiger partial charge in [-0.05, 0) is 30.5 Å². The summed E-state index contributed by atoms with van der Waals surface area (Å²) in [4.78, 5) is 4.24. The summed E-state index contributed by atoms with van der Waals surface area (Å²) in [6.45, 7) is 3.69. The minimum atomic E-state index is -3.61. The molecule has 4 N–H and O–H groups in total. The van der Waals surface area contributed by atoms with Crippen LogP contribution in [0.3, 0.4) is 0 Å². The second-order valence-electron chi connectivity index (χ2n) is 4.36. The van der Waals surface area contributed by atoms with Gasteiger partial charge in [-0.2, -0.15) is 0 Å². The predicted molar refractivity (Wildman–Crippen MR) is 96.6 cm³/mol. The molecule has 0 spiro atoms. The van der Waals surface area contributed by atoms with Crippen molar-refractivity contribution in [1.82, 2.24) is 10.6 Å². The van der Waals surface area contributed by atoms with Gasteiger partial charge in [0.05, 0.1) is 4.90 Å². The van der Waals surface area contributed by atoms with E-state index in [-0.39, 0.29) is 28.9 Å². The van der Waals surface area contributed by atoms with E-state index in [1.54, 1.807) is 19.2 Å². The lowest BCUT2D eigenvalue weighted by Crippen LogP contribution is -2.38. The molecule has 6 nitrogen and oxygen atoms in total. The molecule has 1 aromatic carbocycles. The van der Waals surface area contributed by atoms with Gasteiger partial charge in [0.15, 0.2) is 5.96 Å². The van der Waals surface area contributed by atoms with Crippen LogP contribution in [-0.4, -0.2) is 34.5 Å². The standard InChI is InChI=1S/C13H22N4O2S.HI/c1-3-9-16-13(15-2)17-10-8-11-4-6-12(7-5-11)20(14,18)19;/h4-7H,3,8-10H2,1-2H3,(H2,14,18,19)(H2,15,16,17);1H. The molecule has 0 bridgehead atoms. The number of nitrogens with two attached hydrogens (primary N) is 1. The zero-order valence-electron chi connectivity index (χ0n) is 12.3. The number of benzene rings is 1. The highest BCUT2D eigenvalue weighted by atomic mass is 127. The number of hydrogen-bond acceptors (Lipinski definition) is 3. The summed E-state index contributed by atoms with van der Waals surface area (Å²) >= 11 is 0. The summed E-state index contributed by atoms with van der Waals surface area (Å²) in [7, 11) is -1.88. The number of guanidine groups is 1. The van der Waals surface area contributed by atoms with Gasteiger partial charge in [0.25, 0.3) is 0 Å². The van der Waals surface area contributed by atoms with Crippen LogP contribution in [0.2, 0.25) is 0 Å². The normalized spacial score (nSPS) is 11.7. The van der Waals surface area contributed by atoms with E-state index in [0.29, 0.717) is 0 Å². The summed E-state index contributed by atoms with van der Waals surface area (Å²) in [6, 6.07) is 6.58. The second-order valence-corrected chi connectivity index (χ2v) is 5.93. The largest absolute Gasteiger partial charge is 0.356 e. The topological polar surface area (TPSA) is 96.6 Å². The molecule has 0 saturated heterocycles. The fourth-order valence-corrected chi connectivity index (χ4v) is 2.15. The second kappa shape index (κ2) is 9.96. The fourth-order valence-electron chi connectivity index (χ4n) is 1.64. The van der Waals surface area contributed by atoms with Gasteiger partial charge in [-0.25, -0.2) is 13.6 Å². The Bertz CT molecular complexity index is 544. The van der Waals surface area contributed by atoms with Gasteiger partial charge in [0.1, 0.15) is 0 Å². The Hall–Kier alpha value is -0.870. The van der Waals surface area contributed by atoms with Crippen LogP contribution in [0, 0.1) is 0 Å². The molecule has 0 aliphatic rings. The maximum atomic E-state index is 11.1. The van der Waals surface area contributed by atoms with Crippen LogP contribution in [0.4, 0.5) is 0 Å². The Kier molecular flexibility index (Phi) is 9.54. The molecule has 0 atom stereocenters. The van der Waals surface area contributed by atoms with E-state index in [1.807, 2.05) is 0 Å². The fraction of sp³-hybridized carbons (Fsp3) is 0.462. The average Bonchev–Trinajstić information content (AvgIpc) is 2.42. The maximum absolute atomic E-state index is 11.1. The van der Waals surface area contributed by atoms with Crippen molar-refractivity contribution < 1.29 is 8.42 Å².